The lowest BCUT2D eigenvalue weighted by molar-refractivity contribution is -0.142. The van der Waals surface area contributed by atoms with Gasteiger partial charge in [0.05, 0.1) is 13.4 Å². The van der Waals surface area contributed by atoms with Gasteiger partial charge >= 0.3 is 5.97 Å². The third kappa shape index (κ3) is 4.12. The van der Waals surface area contributed by atoms with Gasteiger partial charge in [-0.25, -0.2) is 14.8 Å². The average molecular weight is 353 g/mol. The van der Waals surface area contributed by atoms with E-state index in [1.54, 1.807) is 18.3 Å². The van der Waals surface area contributed by atoms with Gasteiger partial charge in [0.15, 0.2) is 0 Å². The maximum absolute atomic E-state index is 12.2. The van der Waals surface area contributed by atoms with Crippen LogP contribution in [0.15, 0.2) is 35.5 Å². The number of esters is 1. The minimum absolute atomic E-state index is 0.269. The summed E-state index contributed by atoms with van der Waals surface area (Å²) in [6.07, 6.45) is 4.86. The maximum atomic E-state index is 12.2. The van der Waals surface area contributed by atoms with Crippen LogP contribution in [-0.4, -0.2) is 40.0 Å². The van der Waals surface area contributed by atoms with Crippen molar-refractivity contribution < 1.29 is 14.3 Å². The van der Waals surface area contributed by atoms with E-state index in [0.717, 1.165) is 5.69 Å². The van der Waals surface area contributed by atoms with Crippen molar-refractivity contribution in [3.05, 3.63) is 46.7 Å². The van der Waals surface area contributed by atoms with Crippen molar-refractivity contribution in [1.82, 2.24) is 20.3 Å². The summed E-state index contributed by atoms with van der Waals surface area (Å²) in [7, 11) is 1.28. The van der Waals surface area contributed by atoms with Gasteiger partial charge < -0.3 is 15.0 Å². The molecule has 0 aliphatic carbocycles. The van der Waals surface area contributed by atoms with E-state index >= 15 is 0 Å². The van der Waals surface area contributed by atoms with Crippen LogP contribution in [0.25, 0.3) is 0 Å². The summed E-state index contributed by atoms with van der Waals surface area (Å²) in [5.41, 5.74) is 1.12. The SMILES string of the molecule is COC(=O)[C@H](Cc1cnc[nH]1)NC(=O)c1ccnc(Br)c1. The standard InChI is InChI=1S/C13H13BrN4O3/c1-21-13(20)10(5-9-6-15-7-17-9)18-12(19)8-2-3-16-11(14)4-8/h2-4,6-7,10H,5H2,1H3,(H,15,17)(H,18,19)/t10-/m0/s1. The minimum atomic E-state index is -0.796. The van der Waals surface area contributed by atoms with E-state index < -0.39 is 12.0 Å². The fourth-order valence-corrected chi connectivity index (χ4v) is 2.10. The topological polar surface area (TPSA) is 97.0 Å². The first-order chi connectivity index (χ1) is 10.1. The fourth-order valence-electron chi connectivity index (χ4n) is 1.74. The molecule has 0 saturated heterocycles. The minimum Gasteiger partial charge on any atom is -0.467 e. The number of rotatable bonds is 5. The number of aromatic amines is 1. The largest absolute Gasteiger partial charge is 0.467 e. The Morgan fingerprint density at radius 1 is 1.52 bits per heavy atom. The Kier molecular flexibility index (Phi) is 5.04. The van der Waals surface area contributed by atoms with Crippen molar-refractivity contribution in [2.75, 3.05) is 7.11 Å². The van der Waals surface area contributed by atoms with Crippen molar-refractivity contribution in [2.24, 2.45) is 0 Å². The molecule has 1 amide bonds. The molecule has 110 valence electrons. The highest BCUT2D eigenvalue weighted by molar-refractivity contribution is 9.10. The van der Waals surface area contributed by atoms with E-state index in [1.807, 2.05) is 0 Å². The van der Waals surface area contributed by atoms with Gasteiger partial charge in [0.25, 0.3) is 5.91 Å². The number of hydrogen-bond donors (Lipinski definition) is 2. The van der Waals surface area contributed by atoms with Gasteiger partial charge in [-0.3, -0.25) is 4.79 Å². The number of aromatic nitrogens is 3. The molecule has 2 aromatic heterocycles. The Balaban J connectivity index is 2.11. The van der Waals surface area contributed by atoms with Crippen molar-refractivity contribution in [2.45, 2.75) is 12.5 Å². The fraction of sp³-hybridized carbons (Fsp3) is 0.231. The third-order valence-electron chi connectivity index (χ3n) is 2.76. The molecule has 7 nitrogen and oxygen atoms in total. The number of carbonyl (C=O) groups is 2. The summed E-state index contributed by atoms with van der Waals surface area (Å²) in [4.78, 5) is 34.6. The molecular weight excluding hydrogens is 340 g/mol. The molecule has 21 heavy (non-hydrogen) atoms. The monoisotopic (exact) mass is 352 g/mol. The van der Waals surface area contributed by atoms with Gasteiger partial charge in [0, 0.05) is 30.1 Å². The average Bonchev–Trinajstić information content (AvgIpc) is 2.98. The smallest absolute Gasteiger partial charge is 0.328 e. The van der Waals surface area contributed by atoms with Crippen LogP contribution in [0, 0.1) is 0 Å². The summed E-state index contributed by atoms with van der Waals surface area (Å²) in [5.74, 6) is -0.904. The van der Waals surface area contributed by atoms with E-state index in [0.29, 0.717) is 10.2 Å². The van der Waals surface area contributed by atoms with Crippen LogP contribution >= 0.6 is 15.9 Å². The van der Waals surface area contributed by atoms with Crippen LogP contribution in [0.5, 0.6) is 0 Å². The summed E-state index contributed by atoms with van der Waals surface area (Å²) in [5, 5.41) is 2.64. The first-order valence-electron chi connectivity index (χ1n) is 6.07. The normalized spacial score (nSPS) is 11.7. The number of nitrogens with one attached hydrogen (secondary N) is 2. The molecule has 0 aliphatic rings. The molecule has 0 aromatic carbocycles. The quantitative estimate of drug-likeness (QED) is 0.619. The predicted molar refractivity (Wildman–Crippen MR) is 77.5 cm³/mol. The first-order valence-corrected chi connectivity index (χ1v) is 6.87. The van der Waals surface area contributed by atoms with E-state index in [9.17, 15) is 9.59 Å². The lowest BCUT2D eigenvalue weighted by Gasteiger charge is -2.15. The number of carbonyl (C=O) groups excluding carboxylic acids is 2. The zero-order valence-electron chi connectivity index (χ0n) is 11.2. The summed E-state index contributed by atoms with van der Waals surface area (Å²) in [6.45, 7) is 0. The van der Waals surface area contributed by atoms with E-state index in [2.05, 4.69) is 36.2 Å². The van der Waals surface area contributed by atoms with Crippen molar-refractivity contribution in [3.8, 4) is 0 Å². The maximum Gasteiger partial charge on any atom is 0.328 e. The molecule has 0 unspecified atom stereocenters. The van der Waals surface area contributed by atoms with Gasteiger partial charge in [0.2, 0.25) is 0 Å². The second-order valence-electron chi connectivity index (χ2n) is 4.20. The van der Waals surface area contributed by atoms with Gasteiger partial charge in [-0.2, -0.15) is 0 Å². The molecule has 2 rings (SSSR count). The molecule has 2 aromatic rings. The number of amides is 1. The number of hydrogen-bond acceptors (Lipinski definition) is 5. The zero-order chi connectivity index (χ0) is 15.2. The van der Waals surface area contributed by atoms with Crippen LogP contribution in [-0.2, 0) is 16.0 Å². The lowest BCUT2D eigenvalue weighted by atomic mass is 10.1. The molecule has 0 radical (unpaired) electrons. The van der Waals surface area contributed by atoms with Crippen LogP contribution in [0.4, 0.5) is 0 Å². The van der Waals surface area contributed by atoms with Crippen molar-refractivity contribution >= 4 is 27.8 Å². The van der Waals surface area contributed by atoms with Gasteiger partial charge in [-0.05, 0) is 28.1 Å². The molecule has 0 spiro atoms. The first kappa shape index (κ1) is 15.2. The summed E-state index contributed by atoms with van der Waals surface area (Å²) < 4.78 is 5.25. The molecule has 1 atom stereocenters. The second kappa shape index (κ2) is 6.98. The van der Waals surface area contributed by atoms with Crippen LogP contribution in [0.3, 0.4) is 0 Å². The number of nitrogens with zero attached hydrogens (tertiary/aromatic N) is 2. The number of ether oxygens (including phenoxy) is 1. The number of methoxy groups -OCH3 is 1. The van der Waals surface area contributed by atoms with Gasteiger partial charge in [0.1, 0.15) is 10.6 Å². The Morgan fingerprint density at radius 2 is 2.33 bits per heavy atom. The Hall–Kier alpha value is -2.22. The lowest BCUT2D eigenvalue weighted by Crippen LogP contribution is -2.43. The molecule has 0 saturated carbocycles. The Morgan fingerprint density at radius 3 is 2.95 bits per heavy atom. The molecule has 0 aliphatic heterocycles. The van der Waals surface area contributed by atoms with E-state index in [1.165, 1.54) is 19.6 Å². The molecule has 0 bridgehead atoms. The number of pyridine rings is 1. The molecule has 2 heterocycles. The van der Waals surface area contributed by atoms with Gasteiger partial charge in [-0.15, -0.1) is 0 Å². The van der Waals surface area contributed by atoms with Gasteiger partial charge in [-0.1, -0.05) is 0 Å². The highest BCUT2D eigenvalue weighted by Gasteiger charge is 2.23. The Labute approximate surface area is 129 Å². The number of imidazole rings is 1. The predicted octanol–water partition coefficient (Wildman–Crippen LogP) is 1.08. The number of H-pyrrole nitrogens is 1. The van der Waals surface area contributed by atoms with Crippen LogP contribution in [0.1, 0.15) is 16.1 Å². The highest BCUT2D eigenvalue weighted by atomic mass is 79.9. The Bertz CT molecular complexity index is 630. The van der Waals surface area contributed by atoms with E-state index in [4.69, 9.17) is 4.74 Å². The molecular formula is C13H13BrN4O3. The van der Waals surface area contributed by atoms with Crippen molar-refractivity contribution in [1.29, 1.82) is 0 Å². The third-order valence-corrected chi connectivity index (χ3v) is 3.19. The van der Waals surface area contributed by atoms with Crippen LogP contribution in [0.2, 0.25) is 0 Å². The summed E-state index contributed by atoms with van der Waals surface area (Å²) >= 11 is 3.19. The van der Waals surface area contributed by atoms with Crippen LogP contribution < -0.4 is 5.32 Å². The van der Waals surface area contributed by atoms with Crippen molar-refractivity contribution in [3.63, 3.8) is 0 Å². The molecule has 8 heteroatoms. The zero-order valence-corrected chi connectivity index (χ0v) is 12.8. The molecule has 2 N–H and O–H groups in total. The highest BCUT2D eigenvalue weighted by Crippen LogP contribution is 2.09. The number of halogens is 1. The summed E-state index contributed by atoms with van der Waals surface area (Å²) in [6, 6.07) is 2.33. The van der Waals surface area contributed by atoms with E-state index in [-0.39, 0.29) is 12.3 Å². The second-order valence-corrected chi connectivity index (χ2v) is 5.01. The molecule has 0 fully saturated rings.